The van der Waals surface area contributed by atoms with Crippen molar-refractivity contribution in [2.24, 2.45) is 0 Å². The van der Waals surface area contributed by atoms with Gasteiger partial charge < -0.3 is 10.1 Å². The van der Waals surface area contributed by atoms with E-state index in [2.05, 4.69) is 47.6 Å². The lowest BCUT2D eigenvalue weighted by Crippen LogP contribution is -2.24. The van der Waals surface area contributed by atoms with Crippen LogP contribution in [0.1, 0.15) is 16.7 Å². The molecule has 0 radical (unpaired) electrons. The second kappa shape index (κ2) is 9.37. The Balaban J connectivity index is 1.54. The first-order chi connectivity index (χ1) is 13.6. The minimum atomic E-state index is -0.0590. The number of amides is 1. The summed E-state index contributed by atoms with van der Waals surface area (Å²) in [5.74, 6) is 0.992. The first-order valence-electron chi connectivity index (χ1n) is 8.99. The number of hydrogen-bond donors (Lipinski definition) is 1. The van der Waals surface area contributed by atoms with Gasteiger partial charge >= 0.3 is 0 Å². The van der Waals surface area contributed by atoms with E-state index in [1.807, 2.05) is 36.4 Å². The quantitative estimate of drug-likeness (QED) is 0.610. The summed E-state index contributed by atoms with van der Waals surface area (Å²) in [7, 11) is 1.62. The molecule has 28 heavy (non-hydrogen) atoms. The van der Waals surface area contributed by atoms with Crippen LogP contribution in [0.3, 0.4) is 0 Å². The minimum absolute atomic E-state index is 0.0590. The number of ether oxygens (including phenoxy) is 1. The zero-order valence-electron chi connectivity index (χ0n) is 16.2. The second-order valence-corrected chi connectivity index (χ2v) is 7.45. The van der Waals surface area contributed by atoms with Crippen LogP contribution in [0, 0.1) is 13.8 Å². The molecule has 0 bridgehead atoms. The number of aromatic nitrogens is 2. The monoisotopic (exact) mass is 393 g/mol. The van der Waals surface area contributed by atoms with Crippen LogP contribution >= 0.6 is 11.8 Å². The Morgan fingerprint density at radius 3 is 2.64 bits per heavy atom. The van der Waals surface area contributed by atoms with Gasteiger partial charge in [0, 0.05) is 17.7 Å². The maximum Gasteiger partial charge on any atom is 0.230 e. The Bertz CT molecular complexity index is 958. The number of carbonyl (C=O) groups is 1. The van der Waals surface area contributed by atoms with Gasteiger partial charge in [-0.2, -0.15) is 0 Å². The Hall–Kier alpha value is -2.86. The largest absolute Gasteiger partial charge is 0.496 e. The van der Waals surface area contributed by atoms with E-state index < -0.39 is 0 Å². The number of nitrogens with zero attached hydrogens (tertiary/aromatic N) is 2. The number of thioether (sulfide) groups is 1. The molecule has 6 heteroatoms. The van der Waals surface area contributed by atoms with Crippen LogP contribution in [-0.4, -0.2) is 29.0 Å². The van der Waals surface area contributed by atoms with Crippen molar-refractivity contribution >= 4 is 17.7 Å². The maximum absolute atomic E-state index is 12.1. The van der Waals surface area contributed by atoms with Crippen LogP contribution < -0.4 is 10.1 Å². The summed E-state index contributed by atoms with van der Waals surface area (Å²) in [6.07, 6.45) is 0. The molecule has 0 aliphatic heterocycles. The van der Waals surface area contributed by atoms with E-state index in [0.29, 0.717) is 6.54 Å². The highest BCUT2D eigenvalue weighted by Gasteiger charge is 2.08. The zero-order chi connectivity index (χ0) is 19.9. The van der Waals surface area contributed by atoms with Crippen LogP contribution in [-0.2, 0) is 11.3 Å². The van der Waals surface area contributed by atoms with Gasteiger partial charge in [0.15, 0.2) is 0 Å². The fourth-order valence-corrected chi connectivity index (χ4v) is 3.43. The molecule has 3 rings (SSSR count). The van der Waals surface area contributed by atoms with E-state index in [4.69, 9.17) is 4.74 Å². The highest BCUT2D eigenvalue weighted by molar-refractivity contribution is 7.99. The summed E-state index contributed by atoms with van der Waals surface area (Å²) >= 11 is 1.37. The lowest BCUT2D eigenvalue weighted by Gasteiger charge is -2.09. The van der Waals surface area contributed by atoms with Crippen LogP contribution in [0.5, 0.6) is 5.75 Å². The van der Waals surface area contributed by atoms with Gasteiger partial charge in [0.25, 0.3) is 0 Å². The summed E-state index contributed by atoms with van der Waals surface area (Å²) in [4.78, 5) is 12.1. The van der Waals surface area contributed by atoms with E-state index in [-0.39, 0.29) is 11.7 Å². The molecule has 0 spiro atoms. The van der Waals surface area contributed by atoms with E-state index in [1.165, 1.54) is 17.3 Å². The minimum Gasteiger partial charge on any atom is -0.496 e. The van der Waals surface area contributed by atoms with Gasteiger partial charge in [0.05, 0.1) is 18.6 Å². The lowest BCUT2D eigenvalue weighted by molar-refractivity contribution is -0.118. The Morgan fingerprint density at radius 2 is 1.89 bits per heavy atom. The maximum atomic E-state index is 12.1. The number of para-hydroxylation sites is 1. The number of carbonyl (C=O) groups excluding carboxylic acids is 1. The van der Waals surface area contributed by atoms with Crippen LogP contribution in [0.25, 0.3) is 11.3 Å². The second-order valence-electron chi connectivity index (χ2n) is 6.45. The number of rotatable bonds is 7. The Labute approximate surface area is 169 Å². The molecule has 2 aromatic carbocycles. The molecule has 0 aliphatic rings. The van der Waals surface area contributed by atoms with Gasteiger partial charge in [-0.25, -0.2) is 0 Å². The summed E-state index contributed by atoms with van der Waals surface area (Å²) < 4.78 is 5.30. The molecule has 0 atom stereocenters. The summed E-state index contributed by atoms with van der Waals surface area (Å²) in [6, 6.07) is 17.8. The van der Waals surface area contributed by atoms with Gasteiger partial charge in [0.2, 0.25) is 5.91 Å². The normalized spacial score (nSPS) is 10.5. The summed E-state index contributed by atoms with van der Waals surface area (Å²) in [5, 5.41) is 12.2. The van der Waals surface area contributed by atoms with Gasteiger partial charge in [-0.3, -0.25) is 4.79 Å². The molecule has 144 valence electrons. The number of benzene rings is 2. The van der Waals surface area contributed by atoms with Crippen molar-refractivity contribution < 1.29 is 9.53 Å². The van der Waals surface area contributed by atoms with Crippen molar-refractivity contribution in [3.8, 4) is 17.0 Å². The predicted octanol–water partition coefficient (Wildman–Crippen LogP) is 4.18. The highest BCUT2D eigenvalue weighted by atomic mass is 32.2. The van der Waals surface area contributed by atoms with E-state index in [9.17, 15) is 4.79 Å². The molecule has 0 fully saturated rings. The van der Waals surface area contributed by atoms with Crippen molar-refractivity contribution in [2.75, 3.05) is 12.9 Å². The SMILES string of the molecule is COc1ccccc1CNC(=O)CSc1ccc(-c2cc(C)ccc2C)nn1. The van der Waals surface area contributed by atoms with Crippen LogP contribution in [0.4, 0.5) is 0 Å². The summed E-state index contributed by atoms with van der Waals surface area (Å²) in [6.45, 7) is 4.55. The van der Waals surface area contributed by atoms with Gasteiger partial charge in [-0.1, -0.05) is 47.7 Å². The van der Waals surface area contributed by atoms with Gasteiger partial charge in [-0.05, 0) is 43.7 Å². The molecule has 0 saturated heterocycles. The third kappa shape index (κ3) is 5.10. The van der Waals surface area contributed by atoms with Crippen molar-refractivity contribution in [3.05, 3.63) is 71.3 Å². The molecule has 0 unspecified atom stereocenters. The van der Waals surface area contributed by atoms with Crippen molar-refractivity contribution in [1.29, 1.82) is 0 Å². The molecule has 1 aromatic heterocycles. The lowest BCUT2D eigenvalue weighted by atomic mass is 10.0. The molecule has 5 nitrogen and oxygen atoms in total. The first-order valence-corrected chi connectivity index (χ1v) is 9.98. The molecule has 1 heterocycles. The Morgan fingerprint density at radius 1 is 1.07 bits per heavy atom. The van der Waals surface area contributed by atoms with Gasteiger partial charge in [-0.15, -0.1) is 10.2 Å². The number of aryl methyl sites for hydroxylation is 2. The molecular formula is C22H23N3O2S. The zero-order valence-corrected chi connectivity index (χ0v) is 17.0. The highest BCUT2D eigenvalue weighted by Crippen LogP contribution is 2.24. The van der Waals surface area contributed by atoms with Crippen molar-refractivity contribution in [1.82, 2.24) is 15.5 Å². The fourth-order valence-electron chi connectivity index (χ4n) is 2.79. The molecule has 3 aromatic rings. The smallest absolute Gasteiger partial charge is 0.230 e. The van der Waals surface area contributed by atoms with Gasteiger partial charge in [0.1, 0.15) is 10.8 Å². The van der Waals surface area contributed by atoms with E-state index in [1.54, 1.807) is 7.11 Å². The number of nitrogens with one attached hydrogen (secondary N) is 1. The number of hydrogen-bond acceptors (Lipinski definition) is 5. The average Bonchev–Trinajstić information content (AvgIpc) is 2.73. The standard InChI is InChI=1S/C22H23N3O2S/c1-15-8-9-16(2)18(12-15)19-10-11-22(25-24-19)28-14-21(26)23-13-17-6-4-5-7-20(17)27-3/h4-12H,13-14H2,1-3H3,(H,23,26). The fraction of sp³-hybridized carbons (Fsp3) is 0.227. The molecule has 0 saturated carbocycles. The van der Waals surface area contributed by atoms with Crippen molar-refractivity contribution in [3.63, 3.8) is 0 Å². The molecule has 1 N–H and O–H groups in total. The van der Waals surface area contributed by atoms with E-state index in [0.717, 1.165) is 33.2 Å². The topological polar surface area (TPSA) is 64.1 Å². The average molecular weight is 394 g/mol. The molecule has 1 amide bonds. The summed E-state index contributed by atoms with van der Waals surface area (Å²) in [5.41, 5.74) is 5.22. The van der Waals surface area contributed by atoms with Crippen LogP contribution in [0.15, 0.2) is 59.6 Å². The molecular weight excluding hydrogens is 370 g/mol. The molecule has 0 aliphatic carbocycles. The predicted molar refractivity (Wildman–Crippen MR) is 113 cm³/mol. The third-order valence-electron chi connectivity index (χ3n) is 4.33. The number of methoxy groups -OCH3 is 1. The van der Waals surface area contributed by atoms with Crippen molar-refractivity contribution in [2.45, 2.75) is 25.4 Å². The first kappa shape index (κ1) is 19.9. The van der Waals surface area contributed by atoms with Crippen LogP contribution in [0.2, 0.25) is 0 Å². The third-order valence-corrected chi connectivity index (χ3v) is 5.25. The Kier molecular flexibility index (Phi) is 6.66. The van der Waals surface area contributed by atoms with E-state index >= 15 is 0 Å².